The van der Waals surface area contributed by atoms with E-state index in [0.29, 0.717) is 12.4 Å². The summed E-state index contributed by atoms with van der Waals surface area (Å²) >= 11 is 0. The summed E-state index contributed by atoms with van der Waals surface area (Å²) in [6, 6.07) is 9.60. The Bertz CT molecular complexity index is 663. The van der Waals surface area contributed by atoms with Crippen molar-refractivity contribution in [3.63, 3.8) is 0 Å². The number of nitrogens with zero attached hydrogens (tertiary/aromatic N) is 3. The maximum absolute atomic E-state index is 12.2. The quantitative estimate of drug-likeness (QED) is 0.838. The number of nitrogens with one attached hydrogen (secondary N) is 1. The number of likely N-dealkylation sites (tertiary alicyclic amines) is 1. The molecule has 0 spiro atoms. The average Bonchev–Trinajstić information content (AvgIpc) is 3.09. The summed E-state index contributed by atoms with van der Waals surface area (Å²) in [7, 11) is 0. The predicted molar refractivity (Wildman–Crippen MR) is 95.1 cm³/mol. The molecule has 1 aliphatic heterocycles. The molecule has 0 atom stereocenters. The summed E-state index contributed by atoms with van der Waals surface area (Å²) in [6.07, 6.45) is 4.98. The first-order valence-corrected chi connectivity index (χ1v) is 9.14. The van der Waals surface area contributed by atoms with Crippen LogP contribution in [-0.4, -0.2) is 40.1 Å². The summed E-state index contributed by atoms with van der Waals surface area (Å²) in [5.74, 6) is 1.51. The Labute approximate surface area is 148 Å². The number of hydrogen-bond acceptors (Lipinski definition) is 5. The van der Waals surface area contributed by atoms with Gasteiger partial charge < -0.3 is 9.84 Å². The number of aryl methyl sites for hydroxylation is 1. The molecule has 6 nitrogen and oxygen atoms in total. The molecule has 0 unspecified atom stereocenters. The number of aromatic nitrogens is 2. The smallest absolute Gasteiger partial charge is 0.251 e. The topological polar surface area (TPSA) is 71.3 Å². The molecule has 1 N–H and O–H groups in total. The van der Waals surface area contributed by atoms with Gasteiger partial charge in [0.25, 0.3) is 5.91 Å². The molecule has 2 aromatic rings. The van der Waals surface area contributed by atoms with E-state index < -0.39 is 0 Å². The molecular weight excluding hydrogens is 316 g/mol. The van der Waals surface area contributed by atoms with Crippen LogP contribution < -0.4 is 5.32 Å². The van der Waals surface area contributed by atoms with Gasteiger partial charge >= 0.3 is 0 Å². The first-order chi connectivity index (χ1) is 12.2. The van der Waals surface area contributed by atoms with Gasteiger partial charge in [0.2, 0.25) is 5.89 Å². The lowest BCUT2D eigenvalue weighted by Gasteiger charge is -2.31. The van der Waals surface area contributed by atoms with Crippen molar-refractivity contribution in [2.75, 3.05) is 13.1 Å². The van der Waals surface area contributed by atoms with Crippen LogP contribution in [0.15, 0.2) is 34.9 Å². The number of hydrogen-bond donors (Lipinski definition) is 1. The Morgan fingerprint density at radius 2 is 2.04 bits per heavy atom. The minimum absolute atomic E-state index is 0.0107. The molecule has 1 aromatic carbocycles. The lowest BCUT2D eigenvalue weighted by Crippen LogP contribution is -2.44. The van der Waals surface area contributed by atoms with Crippen molar-refractivity contribution in [2.45, 2.75) is 51.6 Å². The Morgan fingerprint density at radius 3 is 2.76 bits per heavy atom. The van der Waals surface area contributed by atoms with Gasteiger partial charge in [-0.25, -0.2) is 0 Å². The van der Waals surface area contributed by atoms with Crippen molar-refractivity contribution in [1.29, 1.82) is 0 Å². The van der Waals surface area contributed by atoms with E-state index in [1.165, 1.54) is 0 Å². The molecule has 25 heavy (non-hydrogen) atoms. The molecule has 1 saturated heterocycles. The maximum atomic E-state index is 12.2. The van der Waals surface area contributed by atoms with Gasteiger partial charge in [-0.15, -0.1) is 0 Å². The van der Waals surface area contributed by atoms with Crippen LogP contribution in [-0.2, 0) is 13.0 Å². The highest BCUT2D eigenvalue weighted by Gasteiger charge is 2.22. The van der Waals surface area contributed by atoms with E-state index in [1.54, 1.807) is 0 Å². The molecule has 0 saturated carbocycles. The number of carbonyl (C=O) groups excluding carboxylic acids is 1. The number of piperidine rings is 1. The van der Waals surface area contributed by atoms with E-state index in [2.05, 4.69) is 27.3 Å². The highest BCUT2D eigenvalue weighted by atomic mass is 16.5. The highest BCUT2D eigenvalue weighted by Crippen LogP contribution is 2.14. The van der Waals surface area contributed by atoms with Crippen LogP contribution in [0.1, 0.15) is 54.7 Å². The summed E-state index contributed by atoms with van der Waals surface area (Å²) in [4.78, 5) is 19.0. The number of unbranched alkanes of at least 4 members (excludes halogenated alkanes) is 1. The van der Waals surface area contributed by atoms with Crippen LogP contribution >= 0.6 is 0 Å². The van der Waals surface area contributed by atoms with Crippen molar-refractivity contribution in [2.24, 2.45) is 0 Å². The minimum atomic E-state index is 0.0107. The van der Waals surface area contributed by atoms with Crippen molar-refractivity contribution >= 4 is 5.91 Å². The number of carbonyl (C=O) groups is 1. The van der Waals surface area contributed by atoms with Gasteiger partial charge in [0, 0.05) is 31.1 Å². The molecule has 1 aromatic heterocycles. The van der Waals surface area contributed by atoms with E-state index in [-0.39, 0.29) is 11.9 Å². The molecule has 134 valence electrons. The maximum Gasteiger partial charge on any atom is 0.251 e. The van der Waals surface area contributed by atoms with Gasteiger partial charge in [-0.1, -0.05) is 36.7 Å². The fourth-order valence-electron chi connectivity index (χ4n) is 3.08. The Kier molecular flexibility index (Phi) is 6.17. The largest absolute Gasteiger partial charge is 0.349 e. The fourth-order valence-corrected chi connectivity index (χ4v) is 3.08. The first kappa shape index (κ1) is 17.6. The van der Waals surface area contributed by atoms with Gasteiger partial charge in [0.05, 0.1) is 6.54 Å². The predicted octanol–water partition coefficient (Wildman–Crippen LogP) is 2.81. The third kappa shape index (κ3) is 5.13. The van der Waals surface area contributed by atoms with Gasteiger partial charge in [-0.2, -0.15) is 4.98 Å². The average molecular weight is 342 g/mol. The minimum Gasteiger partial charge on any atom is -0.349 e. The molecule has 2 heterocycles. The zero-order valence-electron chi connectivity index (χ0n) is 14.8. The van der Waals surface area contributed by atoms with Crippen molar-refractivity contribution in [1.82, 2.24) is 20.4 Å². The molecule has 1 aliphatic rings. The monoisotopic (exact) mass is 342 g/mol. The van der Waals surface area contributed by atoms with E-state index in [0.717, 1.165) is 56.6 Å². The van der Waals surface area contributed by atoms with Crippen LogP contribution in [0, 0.1) is 0 Å². The second-order valence-corrected chi connectivity index (χ2v) is 6.60. The van der Waals surface area contributed by atoms with Crippen LogP contribution in [0.4, 0.5) is 0 Å². The van der Waals surface area contributed by atoms with Crippen LogP contribution in [0.25, 0.3) is 0 Å². The second kappa shape index (κ2) is 8.76. The number of benzene rings is 1. The molecular formula is C19H26N4O2. The summed E-state index contributed by atoms with van der Waals surface area (Å²) in [5, 5.41) is 7.17. The van der Waals surface area contributed by atoms with Crippen LogP contribution in [0.5, 0.6) is 0 Å². The van der Waals surface area contributed by atoms with Crippen LogP contribution in [0.3, 0.4) is 0 Å². The lowest BCUT2D eigenvalue weighted by molar-refractivity contribution is 0.0904. The van der Waals surface area contributed by atoms with Gasteiger partial charge in [-0.3, -0.25) is 9.69 Å². The van der Waals surface area contributed by atoms with E-state index in [9.17, 15) is 4.79 Å². The zero-order chi connectivity index (χ0) is 17.5. The van der Waals surface area contributed by atoms with E-state index >= 15 is 0 Å². The number of rotatable bonds is 7. The van der Waals surface area contributed by atoms with Crippen molar-refractivity contribution in [3.8, 4) is 0 Å². The Hall–Kier alpha value is -2.21. The van der Waals surface area contributed by atoms with E-state index in [1.807, 2.05) is 30.3 Å². The Morgan fingerprint density at radius 1 is 1.28 bits per heavy atom. The molecule has 0 radical (unpaired) electrons. The summed E-state index contributed by atoms with van der Waals surface area (Å²) in [6.45, 7) is 4.69. The second-order valence-electron chi connectivity index (χ2n) is 6.60. The zero-order valence-corrected chi connectivity index (χ0v) is 14.8. The standard InChI is InChI=1S/C19H26N4O2/c1-2-3-9-17-21-18(25-22-17)14-23-12-10-16(11-13-23)20-19(24)15-7-5-4-6-8-15/h4-8,16H,2-3,9-14H2,1H3,(H,20,24). The van der Waals surface area contributed by atoms with Gasteiger partial charge in [-0.05, 0) is 31.4 Å². The van der Waals surface area contributed by atoms with E-state index in [4.69, 9.17) is 4.52 Å². The molecule has 1 amide bonds. The SMILES string of the molecule is CCCCc1noc(CN2CCC(NC(=O)c3ccccc3)CC2)n1. The third-order valence-corrected chi connectivity index (χ3v) is 4.58. The molecule has 1 fully saturated rings. The molecule has 3 rings (SSSR count). The van der Waals surface area contributed by atoms with Crippen molar-refractivity contribution in [3.05, 3.63) is 47.6 Å². The molecule has 0 aliphatic carbocycles. The molecule has 6 heteroatoms. The summed E-state index contributed by atoms with van der Waals surface area (Å²) in [5.41, 5.74) is 0.718. The first-order valence-electron chi connectivity index (χ1n) is 9.14. The lowest BCUT2D eigenvalue weighted by atomic mass is 10.0. The summed E-state index contributed by atoms with van der Waals surface area (Å²) < 4.78 is 5.34. The number of amides is 1. The fraction of sp³-hybridized carbons (Fsp3) is 0.526. The van der Waals surface area contributed by atoms with Gasteiger partial charge in [0.15, 0.2) is 5.82 Å². The third-order valence-electron chi connectivity index (χ3n) is 4.58. The highest BCUT2D eigenvalue weighted by molar-refractivity contribution is 5.94. The Balaban J connectivity index is 1.42. The molecule has 0 bridgehead atoms. The van der Waals surface area contributed by atoms with Gasteiger partial charge in [0.1, 0.15) is 0 Å². The normalized spacial score (nSPS) is 16.0. The van der Waals surface area contributed by atoms with Crippen molar-refractivity contribution < 1.29 is 9.32 Å². The van der Waals surface area contributed by atoms with Crippen LogP contribution in [0.2, 0.25) is 0 Å².